The lowest BCUT2D eigenvalue weighted by Crippen LogP contribution is -2.01. The minimum atomic E-state index is 0.546. The zero-order chi connectivity index (χ0) is 27.9. The summed E-state index contributed by atoms with van der Waals surface area (Å²) in [5, 5.41) is 5.82. The van der Waals surface area contributed by atoms with E-state index in [0.29, 0.717) is 23.2 Å². The molecule has 42 heavy (non-hydrogen) atoms. The van der Waals surface area contributed by atoms with Crippen LogP contribution >= 0.6 is 0 Å². The largest absolute Gasteiger partial charge is 0.244 e. The van der Waals surface area contributed by atoms with E-state index >= 15 is 0 Å². The maximum absolute atomic E-state index is 5.19. The summed E-state index contributed by atoms with van der Waals surface area (Å²) >= 11 is 0. The topological polar surface area (TPSA) is 51.6 Å². The van der Waals surface area contributed by atoms with Gasteiger partial charge in [-0.15, -0.1) is 0 Å². The van der Waals surface area contributed by atoms with Crippen LogP contribution in [0.1, 0.15) is 0 Å². The Labute approximate surface area is 243 Å². The van der Waals surface area contributed by atoms with Crippen LogP contribution in [-0.4, -0.2) is 19.9 Å². The van der Waals surface area contributed by atoms with Crippen LogP contribution in [0.5, 0.6) is 0 Å². The number of aromatic nitrogens is 4. The van der Waals surface area contributed by atoms with Gasteiger partial charge in [-0.1, -0.05) is 133 Å². The van der Waals surface area contributed by atoms with E-state index in [-0.39, 0.29) is 0 Å². The summed E-state index contributed by atoms with van der Waals surface area (Å²) in [6.45, 7) is 0. The number of hydrogen-bond donors (Lipinski definition) is 0. The molecule has 0 atom stereocenters. The summed E-state index contributed by atoms with van der Waals surface area (Å²) in [7, 11) is 0. The molecule has 0 aliphatic heterocycles. The molecule has 0 spiro atoms. The number of benzene rings is 6. The fourth-order valence-electron chi connectivity index (χ4n) is 5.66. The van der Waals surface area contributed by atoms with Crippen molar-refractivity contribution in [2.45, 2.75) is 0 Å². The van der Waals surface area contributed by atoms with E-state index in [9.17, 15) is 0 Å². The number of rotatable bonds is 4. The van der Waals surface area contributed by atoms with Gasteiger partial charge in [-0.2, -0.15) is 0 Å². The van der Waals surface area contributed by atoms with Crippen LogP contribution in [-0.2, 0) is 0 Å². The highest BCUT2D eigenvalue weighted by Crippen LogP contribution is 2.35. The van der Waals surface area contributed by atoms with Gasteiger partial charge in [-0.25, -0.2) is 19.9 Å². The summed E-state index contributed by atoms with van der Waals surface area (Å²) in [5.41, 5.74) is 5.83. The van der Waals surface area contributed by atoms with Crippen molar-refractivity contribution in [2.24, 2.45) is 0 Å². The molecule has 0 unspecified atom stereocenters. The van der Waals surface area contributed by atoms with Gasteiger partial charge in [-0.05, 0) is 39.4 Å². The molecule has 8 aromatic rings. The molecule has 0 amide bonds. The van der Waals surface area contributed by atoms with Crippen LogP contribution in [0.25, 0.3) is 77.9 Å². The van der Waals surface area contributed by atoms with Crippen molar-refractivity contribution in [3.8, 4) is 45.4 Å². The van der Waals surface area contributed by atoms with E-state index in [4.69, 9.17) is 19.9 Å². The molecule has 0 aliphatic carbocycles. The fourth-order valence-corrected chi connectivity index (χ4v) is 5.66. The van der Waals surface area contributed by atoms with Crippen LogP contribution in [0.15, 0.2) is 146 Å². The van der Waals surface area contributed by atoms with Gasteiger partial charge in [-0.3, -0.25) is 0 Å². The maximum Gasteiger partial charge on any atom is 0.182 e. The van der Waals surface area contributed by atoms with E-state index < -0.39 is 0 Å². The molecule has 196 valence electrons. The Morgan fingerprint density at radius 2 is 0.667 bits per heavy atom. The molecular weight excluding hydrogens is 512 g/mol. The lowest BCUT2D eigenvalue weighted by molar-refractivity contribution is 1.06. The van der Waals surface area contributed by atoms with E-state index in [0.717, 1.165) is 33.0 Å². The summed E-state index contributed by atoms with van der Waals surface area (Å²) < 4.78 is 0. The molecule has 0 saturated heterocycles. The third kappa shape index (κ3) is 4.18. The van der Waals surface area contributed by atoms with Crippen LogP contribution in [0.3, 0.4) is 0 Å². The Hall–Kier alpha value is -5.74. The predicted octanol–water partition coefficient (Wildman–Crippen LogP) is 9.39. The Bertz CT molecular complexity index is 2190. The molecule has 0 radical (unpaired) electrons. The second kappa shape index (κ2) is 10.0. The third-order valence-electron chi connectivity index (χ3n) is 7.73. The van der Waals surface area contributed by atoms with Gasteiger partial charge >= 0.3 is 0 Å². The number of fused-ring (bicyclic) bond motifs is 6. The van der Waals surface area contributed by atoms with Gasteiger partial charge in [0.1, 0.15) is 5.69 Å². The van der Waals surface area contributed by atoms with Crippen LogP contribution in [0.2, 0.25) is 0 Å². The smallest absolute Gasteiger partial charge is 0.182 e. The van der Waals surface area contributed by atoms with E-state index in [2.05, 4.69) is 103 Å². The first-order chi connectivity index (χ1) is 20.8. The highest BCUT2D eigenvalue weighted by atomic mass is 15.0. The van der Waals surface area contributed by atoms with Crippen molar-refractivity contribution in [1.29, 1.82) is 0 Å². The molecule has 4 heteroatoms. The molecule has 8 rings (SSSR count). The summed E-state index contributed by atoms with van der Waals surface area (Å²) in [5.74, 6) is 1.78. The molecular formula is C38H24N4. The Balaban J connectivity index is 1.32. The lowest BCUT2D eigenvalue weighted by Gasteiger charge is -2.12. The van der Waals surface area contributed by atoms with Crippen molar-refractivity contribution in [1.82, 2.24) is 19.9 Å². The van der Waals surface area contributed by atoms with Crippen LogP contribution in [0.4, 0.5) is 0 Å². The van der Waals surface area contributed by atoms with Gasteiger partial charge in [0.15, 0.2) is 17.5 Å². The molecule has 0 aliphatic rings. The normalized spacial score (nSPS) is 11.3. The third-order valence-corrected chi connectivity index (χ3v) is 7.73. The van der Waals surface area contributed by atoms with Crippen molar-refractivity contribution in [3.63, 3.8) is 0 Å². The zero-order valence-electron chi connectivity index (χ0n) is 22.6. The highest BCUT2D eigenvalue weighted by molar-refractivity contribution is 6.24. The van der Waals surface area contributed by atoms with E-state index in [1.165, 1.54) is 21.7 Å². The average Bonchev–Trinajstić information content (AvgIpc) is 3.09. The summed E-state index contributed by atoms with van der Waals surface area (Å²) in [4.78, 5) is 20.0. The Morgan fingerprint density at radius 3 is 1.29 bits per heavy atom. The minimum absolute atomic E-state index is 0.546. The molecule has 0 N–H and O–H groups in total. The first-order valence-electron chi connectivity index (χ1n) is 14.0. The quantitative estimate of drug-likeness (QED) is 0.210. The molecule has 0 bridgehead atoms. The summed E-state index contributed by atoms with van der Waals surface area (Å²) in [6.07, 6.45) is 0. The lowest BCUT2D eigenvalue weighted by atomic mass is 9.97. The second-order valence-electron chi connectivity index (χ2n) is 10.3. The predicted molar refractivity (Wildman–Crippen MR) is 172 cm³/mol. The van der Waals surface area contributed by atoms with E-state index in [1.54, 1.807) is 0 Å². The van der Waals surface area contributed by atoms with Crippen molar-refractivity contribution < 1.29 is 0 Å². The maximum atomic E-state index is 5.19. The molecule has 0 fully saturated rings. The second-order valence-corrected chi connectivity index (χ2v) is 10.3. The van der Waals surface area contributed by atoms with Gasteiger partial charge in [0.25, 0.3) is 0 Å². The number of nitrogens with zero attached hydrogens (tertiary/aromatic N) is 4. The molecule has 6 aromatic carbocycles. The van der Waals surface area contributed by atoms with Gasteiger partial charge in [0.2, 0.25) is 0 Å². The monoisotopic (exact) mass is 536 g/mol. The molecule has 0 saturated carbocycles. The van der Waals surface area contributed by atoms with Crippen molar-refractivity contribution in [2.75, 3.05) is 0 Å². The first kappa shape index (κ1) is 24.1. The highest BCUT2D eigenvalue weighted by Gasteiger charge is 2.16. The van der Waals surface area contributed by atoms with Gasteiger partial charge in [0.05, 0.1) is 5.52 Å². The number of pyridine rings is 1. The molecule has 2 heterocycles. The zero-order valence-corrected chi connectivity index (χ0v) is 22.6. The Kier molecular flexibility index (Phi) is 5.75. The van der Waals surface area contributed by atoms with Crippen LogP contribution in [0, 0.1) is 0 Å². The number of hydrogen-bond acceptors (Lipinski definition) is 4. The summed E-state index contributed by atoms with van der Waals surface area (Å²) in [6, 6.07) is 49.9. The van der Waals surface area contributed by atoms with Crippen molar-refractivity contribution >= 4 is 32.4 Å². The van der Waals surface area contributed by atoms with E-state index in [1.807, 2.05) is 42.5 Å². The van der Waals surface area contributed by atoms with Gasteiger partial charge in [0, 0.05) is 21.9 Å². The molecule has 2 aromatic heterocycles. The average molecular weight is 537 g/mol. The SMILES string of the molecule is c1ccc(-c2ccc(-c3nc(-c4ccccc4)nc(-c4ccc5c6ccccc6c6ccccc6c5n4)n3)cc2)cc1. The van der Waals surface area contributed by atoms with Crippen molar-refractivity contribution in [3.05, 3.63) is 146 Å². The molecule has 4 nitrogen and oxygen atoms in total. The fraction of sp³-hybridized carbons (Fsp3) is 0. The van der Waals surface area contributed by atoms with Crippen LogP contribution < -0.4 is 0 Å². The Morgan fingerprint density at radius 1 is 0.262 bits per heavy atom. The minimum Gasteiger partial charge on any atom is -0.244 e. The first-order valence-corrected chi connectivity index (χ1v) is 14.0. The standard InChI is InChI=1S/C38H24N4/c1-3-11-25(12-4-1)26-19-21-28(22-20-26)37-40-36(27-13-5-2-6-14-27)41-38(42-37)34-24-23-33-31-17-8-7-15-29(31)30-16-9-10-18-32(30)35(33)39-34/h1-24H. The van der Waals surface area contributed by atoms with Gasteiger partial charge < -0.3 is 0 Å².